The maximum absolute atomic E-state index is 11.3. The van der Waals surface area contributed by atoms with Gasteiger partial charge in [-0.2, -0.15) is 0 Å². The molecular weight excluding hydrogens is 197 g/mol. The Labute approximate surface area is 80.6 Å². The monoisotopic (exact) mass is 215 g/mol. The third-order valence-electron chi connectivity index (χ3n) is 1.36. The summed E-state index contributed by atoms with van der Waals surface area (Å²) in [7, 11) is -2.85. The van der Waals surface area contributed by atoms with Crippen molar-refractivity contribution in [1.29, 1.82) is 0 Å². The number of rotatable bonds is 5. The van der Waals surface area contributed by atoms with Crippen molar-refractivity contribution in [2.24, 2.45) is 11.7 Å². The topological polar surface area (TPSA) is 63.3 Å². The largest absolute Gasteiger partial charge is 0.344 e. The molecule has 0 saturated heterocycles. The van der Waals surface area contributed by atoms with E-state index in [1.165, 1.54) is 0 Å². The zero-order chi connectivity index (χ0) is 8.91. The number of halogens is 1. The zero-order valence-electron chi connectivity index (χ0n) is 7.69. The summed E-state index contributed by atoms with van der Waals surface area (Å²) < 4.78 is 11.3. The number of nitrogens with two attached hydrogens (primary N) is 1. The molecule has 0 aliphatic rings. The van der Waals surface area contributed by atoms with Crippen molar-refractivity contribution in [3.8, 4) is 0 Å². The highest BCUT2D eigenvalue weighted by atomic mass is 35.5. The van der Waals surface area contributed by atoms with Crippen LogP contribution < -0.4 is 5.73 Å². The van der Waals surface area contributed by atoms with Gasteiger partial charge in [0.2, 0.25) is 7.37 Å². The SMILES string of the molecule is CC(C)CP(=O)(O)CCCN.Cl. The van der Waals surface area contributed by atoms with Gasteiger partial charge in [-0.25, -0.2) is 0 Å². The smallest absolute Gasteiger partial charge is 0.200 e. The molecule has 1 atom stereocenters. The van der Waals surface area contributed by atoms with E-state index in [1.54, 1.807) is 0 Å². The summed E-state index contributed by atoms with van der Waals surface area (Å²) in [6.07, 6.45) is 1.45. The van der Waals surface area contributed by atoms with Gasteiger partial charge in [0.25, 0.3) is 0 Å². The van der Waals surface area contributed by atoms with E-state index in [1.807, 2.05) is 13.8 Å². The fourth-order valence-corrected chi connectivity index (χ4v) is 3.00. The van der Waals surface area contributed by atoms with Crippen LogP contribution >= 0.6 is 19.8 Å². The van der Waals surface area contributed by atoms with Gasteiger partial charge in [0.05, 0.1) is 0 Å². The van der Waals surface area contributed by atoms with Crippen molar-refractivity contribution < 1.29 is 9.46 Å². The molecule has 12 heavy (non-hydrogen) atoms. The second-order valence-corrected chi connectivity index (χ2v) is 5.79. The Balaban J connectivity index is 0. The lowest BCUT2D eigenvalue weighted by molar-refractivity contribution is 0.467. The van der Waals surface area contributed by atoms with Gasteiger partial charge in [-0.3, -0.25) is 4.57 Å². The first-order valence-corrected chi connectivity index (χ1v) is 6.02. The predicted molar refractivity (Wildman–Crippen MR) is 55.3 cm³/mol. The molecule has 0 aromatic rings. The van der Waals surface area contributed by atoms with Gasteiger partial charge in [-0.1, -0.05) is 13.8 Å². The molecule has 0 rings (SSSR count). The standard InChI is InChI=1S/C7H18NO2P.ClH/c1-7(2)6-11(9,10)5-3-4-8;/h7H,3-6,8H2,1-2H3,(H,9,10);1H. The molecule has 5 heteroatoms. The van der Waals surface area contributed by atoms with Crippen LogP contribution in [0.2, 0.25) is 0 Å². The number of hydrogen-bond donors (Lipinski definition) is 2. The normalized spacial score (nSPS) is 15.4. The Morgan fingerprint density at radius 2 is 2.00 bits per heavy atom. The molecule has 0 saturated carbocycles. The molecule has 0 aliphatic carbocycles. The van der Waals surface area contributed by atoms with Crippen molar-refractivity contribution in [2.75, 3.05) is 18.9 Å². The molecule has 0 aliphatic heterocycles. The Morgan fingerprint density at radius 1 is 1.50 bits per heavy atom. The van der Waals surface area contributed by atoms with E-state index in [9.17, 15) is 9.46 Å². The van der Waals surface area contributed by atoms with Crippen molar-refractivity contribution >= 4 is 19.8 Å². The van der Waals surface area contributed by atoms with E-state index < -0.39 is 7.37 Å². The van der Waals surface area contributed by atoms with E-state index in [4.69, 9.17) is 5.73 Å². The van der Waals surface area contributed by atoms with Crippen LogP contribution in [0.15, 0.2) is 0 Å². The van der Waals surface area contributed by atoms with E-state index in [-0.39, 0.29) is 12.4 Å². The summed E-state index contributed by atoms with van der Waals surface area (Å²) in [5.41, 5.74) is 5.23. The minimum absolute atomic E-state index is 0. The highest BCUT2D eigenvalue weighted by Crippen LogP contribution is 2.42. The molecule has 3 N–H and O–H groups in total. The van der Waals surface area contributed by atoms with Crippen LogP contribution in [0, 0.1) is 5.92 Å². The second kappa shape index (κ2) is 6.90. The lowest BCUT2D eigenvalue weighted by Crippen LogP contribution is -2.06. The maximum Gasteiger partial charge on any atom is 0.200 e. The van der Waals surface area contributed by atoms with Crippen LogP contribution in [0.25, 0.3) is 0 Å². The highest BCUT2D eigenvalue weighted by Gasteiger charge is 2.18. The lowest BCUT2D eigenvalue weighted by atomic mass is 10.3. The van der Waals surface area contributed by atoms with Crippen LogP contribution in [-0.4, -0.2) is 23.8 Å². The van der Waals surface area contributed by atoms with Crippen LogP contribution in [0.1, 0.15) is 20.3 Å². The Hall–Kier alpha value is 0.440. The predicted octanol–water partition coefficient (Wildman–Crippen LogP) is 1.68. The van der Waals surface area contributed by atoms with Crippen LogP contribution in [0.3, 0.4) is 0 Å². The summed E-state index contributed by atoms with van der Waals surface area (Å²) in [6.45, 7) is 4.40. The molecular formula is C7H19ClNO2P. The molecule has 0 amide bonds. The fourth-order valence-electron chi connectivity index (χ4n) is 1.00. The molecule has 0 radical (unpaired) electrons. The van der Waals surface area contributed by atoms with Gasteiger partial charge in [0, 0.05) is 12.3 Å². The van der Waals surface area contributed by atoms with Crippen LogP contribution in [-0.2, 0) is 4.57 Å². The van der Waals surface area contributed by atoms with Crippen LogP contribution in [0.5, 0.6) is 0 Å². The molecule has 0 fully saturated rings. The van der Waals surface area contributed by atoms with Gasteiger partial charge in [-0.15, -0.1) is 12.4 Å². The quantitative estimate of drug-likeness (QED) is 0.686. The van der Waals surface area contributed by atoms with Crippen molar-refractivity contribution in [2.45, 2.75) is 20.3 Å². The van der Waals surface area contributed by atoms with Gasteiger partial charge in [0.1, 0.15) is 0 Å². The Bertz CT molecular complexity index is 152. The minimum Gasteiger partial charge on any atom is -0.344 e. The third-order valence-corrected chi connectivity index (χ3v) is 3.68. The second-order valence-electron chi connectivity index (χ2n) is 3.29. The molecule has 0 heterocycles. The fraction of sp³-hybridized carbons (Fsp3) is 1.00. The van der Waals surface area contributed by atoms with Crippen LogP contribution in [0.4, 0.5) is 0 Å². The lowest BCUT2D eigenvalue weighted by Gasteiger charge is -2.12. The molecule has 1 unspecified atom stereocenters. The first-order valence-electron chi connectivity index (χ1n) is 3.99. The molecule has 0 bridgehead atoms. The van der Waals surface area contributed by atoms with Gasteiger partial charge in [0.15, 0.2) is 0 Å². The summed E-state index contributed by atoms with van der Waals surface area (Å²) in [5.74, 6) is 0.295. The Morgan fingerprint density at radius 3 is 2.33 bits per heavy atom. The van der Waals surface area contributed by atoms with Crippen molar-refractivity contribution in [3.05, 3.63) is 0 Å². The Kier molecular flexibility index (Phi) is 8.59. The molecule has 0 spiro atoms. The molecule has 76 valence electrons. The molecule has 0 aromatic carbocycles. The van der Waals surface area contributed by atoms with E-state index in [0.29, 0.717) is 31.2 Å². The summed E-state index contributed by atoms with van der Waals surface area (Å²) >= 11 is 0. The van der Waals surface area contributed by atoms with Crippen molar-refractivity contribution in [1.82, 2.24) is 0 Å². The van der Waals surface area contributed by atoms with Gasteiger partial charge >= 0.3 is 0 Å². The molecule has 0 aromatic heterocycles. The van der Waals surface area contributed by atoms with E-state index in [2.05, 4.69) is 0 Å². The summed E-state index contributed by atoms with van der Waals surface area (Å²) in [6, 6.07) is 0. The average Bonchev–Trinajstić information content (AvgIpc) is 1.81. The molecule has 3 nitrogen and oxygen atoms in total. The summed E-state index contributed by atoms with van der Waals surface area (Å²) in [5, 5.41) is 0. The first-order chi connectivity index (χ1) is 4.98. The third kappa shape index (κ3) is 8.54. The first kappa shape index (κ1) is 14.9. The van der Waals surface area contributed by atoms with Gasteiger partial charge in [-0.05, 0) is 18.9 Å². The highest BCUT2D eigenvalue weighted by molar-refractivity contribution is 7.57. The van der Waals surface area contributed by atoms with Crippen molar-refractivity contribution in [3.63, 3.8) is 0 Å². The summed E-state index contributed by atoms with van der Waals surface area (Å²) in [4.78, 5) is 9.32. The minimum atomic E-state index is -2.85. The maximum atomic E-state index is 11.3. The van der Waals surface area contributed by atoms with E-state index >= 15 is 0 Å². The van der Waals surface area contributed by atoms with E-state index in [0.717, 1.165) is 0 Å². The number of hydrogen-bond acceptors (Lipinski definition) is 2. The average molecular weight is 216 g/mol. The zero-order valence-corrected chi connectivity index (χ0v) is 9.40. The van der Waals surface area contributed by atoms with Gasteiger partial charge < -0.3 is 10.6 Å².